The molecule has 0 aliphatic carbocycles. The van der Waals surface area contributed by atoms with Gasteiger partial charge in [0.2, 0.25) is 0 Å². The Bertz CT molecular complexity index is 858. The predicted molar refractivity (Wildman–Crippen MR) is 97.5 cm³/mol. The molecule has 1 aliphatic heterocycles. The second-order valence-electron chi connectivity index (χ2n) is 5.56. The molecule has 4 nitrogen and oxygen atoms in total. The third kappa shape index (κ3) is 2.79. The first-order valence-corrected chi connectivity index (χ1v) is 7.97. The summed E-state index contributed by atoms with van der Waals surface area (Å²) in [5.74, 6) is -0.967. The van der Waals surface area contributed by atoms with Gasteiger partial charge >= 0.3 is 0 Å². The maximum atomic E-state index is 12.8. The van der Waals surface area contributed by atoms with E-state index in [9.17, 15) is 9.59 Å². The van der Waals surface area contributed by atoms with Crippen molar-refractivity contribution >= 4 is 52.0 Å². The highest BCUT2D eigenvalue weighted by Crippen LogP contribution is 2.36. The number of carbonyl (C=O) groups excluding carboxylic acids is 2. The summed E-state index contributed by atoms with van der Waals surface area (Å²) in [4.78, 5) is 28.3. The van der Waals surface area contributed by atoms with Crippen molar-refractivity contribution in [1.29, 1.82) is 0 Å². The van der Waals surface area contributed by atoms with E-state index in [0.29, 0.717) is 16.3 Å². The lowest BCUT2D eigenvalue weighted by Gasteiger charge is -2.18. The van der Waals surface area contributed by atoms with E-state index in [1.54, 1.807) is 42.5 Å². The van der Waals surface area contributed by atoms with Gasteiger partial charge in [-0.1, -0.05) is 41.4 Å². The van der Waals surface area contributed by atoms with Gasteiger partial charge in [0.05, 0.1) is 11.3 Å². The highest BCUT2D eigenvalue weighted by molar-refractivity contribution is 6.60. The van der Waals surface area contributed by atoms with Crippen molar-refractivity contribution in [3.05, 3.63) is 64.1 Å². The van der Waals surface area contributed by atoms with Crippen molar-refractivity contribution in [1.82, 2.24) is 0 Å². The number of rotatable bonds is 3. The van der Waals surface area contributed by atoms with Crippen molar-refractivity contribution in [2.75, 3.05) is 23.9 Å². The Morgan fingerprint density at radius 3 is 2.21 bits per heavy atom. The smallest absolute Gasteiger partial charge is 0.277 e. The fourth-order valence-corrected chi connectivity index (χ4v) is 2.92. The lowest BCUT2D eigenvalue weighted by Crippen LogP contribution is -2.31. The largest absolute Gasteiger partial charge is 0.378 e. The molecule has 0 saturated carbocycles. The van der Waals surface area contributed by atoms with Crippen LogP contribution in [0.2, 0.25) is 5.02 Å². The van der Waals surface area contributed by atoms with E-state index in [0.717, 1.165) is 10.6 Å². The minimum Gasteiger partial charge on any atom is -0.378 e. The van der Waals surface area contributed by atoms with Crippen LogP contribution in [0.25, 0.3) is 5.57 Å². The normalized spacial score (nSPS) is 14.6. The maximum absolute atomic E-state index is 12.8. The fourth-order valence-electron chi connectivity index (χ4n) is 2.51. The zero-order valence-corrected chi connectivity index (χ0v) is 14.6. The van der Waals surface area contributed by atoms with E-state index in [2.05, 4.69) is 0 Å². The number of imide groups is 1. The van der Waals surface area contributed by atoms with Crippen LogP contribution < -0.4 is 9.80 Å². The van der Waals surface area contributed by atoms with E-state index in [1.165, 1.54) is 0 Å². The molecule has 1 heterocycles. The van der Waals surface area contributed by atoms with E-state index in [1.807, 2.05) is 25.1 Å². The van der Waals surface area contributed by atoms with E-state index in [-0.39, 0.29) is 10.6 Å². The molecule has 24 heavy (non-hydrogen) atoms. The second kappa shape index (κ2) is 6.30. The van der Waals surface area contributed by atoms with Crippen molar-refractivity contribution in [3.63, 3.8) is 0 Å². The average molecular weight is 361 g/mol. The molecule has 1 aliphatic rings. The van der Waals surface area contributed by atoms with Gasteiger partial charge in [-0.25, -0.2) is 4.90 Å². The third-order valence-corrected chi connectivity index (χ3v) is 4.37. The summed E-state index contributed by atoms with van der Waals surface area (Å²) < 4.78 is 0. The molecule has 0 atom stereocenters. The fraction of sp³-hybridized carbons (Fsp3) is 0.111. The summed E-state index contributed by atoms with van der Waals surface area (Å²) in [6.45, 7) is 0. The number of anilines is 2. The van der Waals surface area contributed by atoms with Crippen LogP contribution in [0.4, 0.5) is 11.4 Å². The summed E-state index contributed by atoms with van der Waals surface area (Å²) in [5.41, 5.74) is 2.12. The molecular weight excluding hydrogens is 347 g/mol. The van der Waals surface area contributed by atoms with Crippen molar-refractivity contribution in [2.45, 2.75) is 0 Å². The highest BCUT2D eigenvalue weighted by Gasteiger charge is 2.39. The van der Waals surface area contributed by atoms with Crippen LogP contribution in [0.1, 0.15) is 5.56 Å². The number of benzene rings is 2. The van der Waals surface area contributed by atoms with Gasteiger partial charge in [0.15, 0.2) is 0 Å². The topological polar surface area (TPSA) is 40.6 Å². The molecule has 0 fully saturated rings. The summed E-state index contributed by atoms with van der Waals surface area (Å²) in [6, 6.07) is 13.8. The monoisotopic (exact) mass is 360 g/mol. The average Bonchev–Trinajstić information content (AvgIpc) is 2.78. The Balaban J connectivity index is 2.02. The first kappa shape index (κ1) is 16.6. The van der Waals surface area contributed by atoms with Gasteiger partial charge in [0.1, 0.15) is 5.03 Å². The molecule has 2 aromatic rings. The molecule has 0 spiro atoms. The molecule has 0 N–H and O–H groups in total. The molecule has 6 heteroatoms. The van der Waals surface area contributed by atoms with Crippen LogP contribution in [0.5, 0.6) is 0 Å². The molecule has 0 saturated heterocycles. The molecule has 2 aromatic carbocycles. The van der Waals surface area contributed by atoms with Gasteiger partial charge in [0, 0.05) is 24.8 Å². The zero-order valence-electron chi connectivity index (χ0n) is 13.1. The quantitative estimate of drug-likeness (QED) is 0.778. The van der Waals surface area contributed by atoms with E-state index < -0.39 is 11.8 Å². The van der Waals surface area contributed by atoms with Crippen molar-refractivity contribution in [3.8, 4) is 0 Å². The Hall–Kier alpha value is -2.30. The third-order valence-electron chi connectivity index (χ3n) is 3.76. The van der Waals surface area contributed by atoms with E-state index in [4.69, 9.17) is 23.2 Å². The summed E-state index contributed by atoms with van der Waals surface area (Å²) >= 11 is 12.0. The Morgan fingerprint density at radius 1 is 0.917 bits per heavy atom. The molecule has 3 rings (SSSR count). The predicted octanol–water partition coefficient (Wildman–Crippen LogP) is 3.93. The molecule has 0 bridgehead atoms. The molecule has 2 amide bonds. The molecule has 122 valence electrons. The standard InChI is InChI=1S/C18H14Cl2N2O2/c1-21(2)13-4-3-5-14(10-13)22-17(23)15(16(20)18(22)24)11-6-8-12(19)9-7-11/h3-10H,1-2H3. The second-order valence-corrected chi connectivity index (χ2v) is 6.37. The zero-order chi connectivity index (χ0) is 17.4. The maximum Gasteiger partial charge on any atom is 0.277 e. The summed E-state index contributed by atoms with van der Waals surface area (Å²) in [7, 11) is 3.77. The Morgan fingerprint density at radius 2 is 1.58 bits per heavy atom. The summed E-state index contributed by atoms with van der Waals surface area (Å²) in [5, 5.41) is 0.459. The minimum absolute atomic E-state index is 0.0856. The van der Waals surface area contributed by atoms with Crippen LogP contribution in [0.15, 0.2) is 53.6 Å². The molecular formula is C18H14Cl2N2O2. The van der Waals surface area contributed by atoms with Crippen molar-refractivity contribution in [2.24, 2.45) is 0 Å². The number of hydrogen-bond donors (Lipinski definition) is 0. The lowest BCUT2D eigenvalue weighted by molar-refractivity contribution is -0.119. The first-order valence-electron chi connectivity index (χ1n) is 7.22. The highest BCUT2D eigenvalue weighted by atomic mass is 35.5. The van der Waals surface area contributed by atoms with Gasteiger partial charge in [0.25, 0.3) is 11.8 Å². The van der Waals surface area contributed by atoms with Crippen LogP contribution in [-0.4, -0.2) is 25.9 Å². The van der Waals surface area contributed by atoms with Crippen LogP contribution >= 0.6 is 23.2 Å². The molecule has 0 aromatic heterocycles. The Labute approximate surface area is 149 Å². The first-order chi connectivity index (χ1) is 11.4. The number of amides is 2. The molecule has 0 unspecified atom stereocenters. The van der Waals surface area contributed by atoms with Crippen molar-refractivity contribution < 1.29 is 9.59 Å². The van der Waals surface area contributed by atoms with E-state index >= 15 is 0 Å². The minimum atomic E-state index is -0.525. The van der Waals surface area contributed by atoms with Crippen LogP contribution in [-0.2, 0) is 9.59 Å². The van der Waals surface area contributed by atoms with Gasteiger partial charge < -0.3 is 4.90 Å². The molecule has 0 radical (unpaired) electrons. The van der Waals surface area contributed by atoms with Gasteiger partial charge in [-0.15, -0.1) is 0 Å². The van der Waals surface area contributed by atoms with Gasteiger partial charge in [-0.05, 0) is 35.9 Å². The van der Waals surface area contributed by atoms with Crippen LogP contribution in [0.3, 0.4) is 0 Å². The Kier molecular flexibility index (Phi) is 4.35. The number of halogens is 2. The SMILES string of the molecule is CN(C)c1cccc(N2C(=O)C(Cl)=C(c3ccc(Cl)cc3)C2=O)c1. The van der Waals surface area contributed by atoms with Gasteiger partial charge in [-0.2, -0.15) is 0 Å². The number of carbonyl (C=O) groups is 2. The number of hydrogen-bond acceptors (Lipinski definition) is 3. The van der Waals surface area contributed by atoms with Gasteiger partial charge in [-0.3, -0.25) is 9.59 Å². The summed E-state index contributed by atoms with van der Waals surface area (Å²) in [6.07, 6.45) is 0. The lowest BCUT2D eigenvalue weighted by atomic mass is 10.1. The number of nitrogens with zero attached hydrogens (tertiary/aromatic N) is 2. The van der Waals surface area contributed by atoms with Crippen LogP contribution in [0, 0.1) is 0 Å².